The zero-order valence-electron chi connectivity index (χ0n) is 27.9. The quantitative estimate of drug-likeness (QED) is 0.192. The molecule has 0 radical (unpaired) electrons. The number of piperidine rings is 1. The second-order valence-electron chi connectivity index (χ2n) is 11.2. The molecule has 1 fully saturated rings. The van der Waals surface area contributed by atoms with E-state index in [0.717, 1.165) is 11.3 Å². The van der Waals surface area contributed by atoms with Crippen molar-refractivity contribution in [3.8, 4) is 5.75 Å². The van der Waals surface area contributed by atoms with Crippen molar-refractivity contribution < 1.29 is 37.0 Å². The number of hydrogen-bond donors (Lipinski definition) is 3. The van der Waals surface area contributed by atoms with Crippen LogP contribution < -0.4 is 15.8 Å². The molecule has 8 nitrogen and oxygen atoms in total. The van der Waals surface area contributed by atoms with E-state index in [1.165, 1.54) is 28.5 Å². The Labute approximate surface area is 278 Å². The van der Waals surface area contributed by atoms with E-state index in [2.05, 4.69) is 59.7 Å². The van der Waals surface area contributed by atoms with Gasteiger partial charge in [0.25, 0.3) is 5.91 Å². The van der Waals surface area contributed by atoms with Crippen LogP contribution in [0.4, 0.5) is 17.6 Å². The lowest BCUT2D eigenvalue weighted by molar-refractivity contribution is -0.185. The van der Waals surface area contributed by atoms with Gasteiger partial charge < -0.3 is 20.9 Å². The van der Waals surface area contributed by atoms with Gasteiger partial charge in [-0.3, -0.25) is 19.5 Å². The zero-order valence-corrected chi connectivity index (χ0v) is 27.9. The molecule has 48 heavy (non-hydrogen) atoms. The first-order valence-electron chi connectivity index (χ1n) is 15.3. The van der Waals surface area contributed by atoms with Crippen LogP contribution >= 0.6 is 0 Å². The third-order valence-electron chi connectivity index (χ3n) is 7.58. The summed E-state index contributed by atoms with van der Waals surface area (Å²) in [6.45, 7) is 7.25. The maximum absolute atomic E-state index is 12.8. The second kappa shape index (κ2) is 19.3. The number of aromatic nitrogens is 1. The number of hydrogen-bond acceptors (Lipinski definition) is 6. The maximum Gasteiger partial charge on any atom is 0.391 e. The van der Waals surface area contributed by atoms with Gasteiger partial charge in [0, 0.05) is 12.7 Å². The predicted molar refractivity (Wildman–Crippen MR) is 179 cm³/mol. The number of rotatable bonds is 6. The highest BCUT2D eigenvalue weighted by Gasteiger charge is 2.40. The van der Waals surface area contributed by atoms with Crippen molar-refractivity contribution in [3.63, 3.8) is 0 Å². The minimum Gasteiger partial charge on any atom is -0.495 e. The van der Waals surface area contributed by atoms with E-state index in [1.54, 1.807) is 33.3 Å². The number of nitrogens with one attached hydrogen (secondary N) is 1. The van der Waals surface area contributed by atoms with Crippen molar-refractivity contribution in [2.45, 2.75) is 46.3 Å². The number of methoxy groups -OCH3 is 1. The normalized spacial score (nSPS) is 13.2. The summed E-state index contributed by atoms with van der Waals surface area (Å²) in [4.78, 5) is 26.4. The van der Waals surface area contributed by atoms with E-state index < -0.39 is 29.8 Å². The summed E-state index contributed by atoms with van der Waals surface area (Å²) in [6, 6.07) is 21.1. The molecule has 0 unspecified atom stereocenters. The average molecular weight is 673 g/mol. The van der Waals surface area contributed by atoms with E-state index in [0.29, 0.717) is 30.9 Å². The van der Waals surface area contributed by atoms with Crippen molar-refractivity contribution in [1.82, 2.24) is 15.2 Å². The minimum absolute atomic E-state index is 0.0208. The number of carboxylic acids is 1. The van der Waals surface area contributed by atoms with Gasteiger partial charge in [-0.2, -0.15) is 13.2 Å². The number of pyridine rings is 1. The molecule has 12 heteroatoms. The Morgan fingerprint density at radius 1 is 1.00 bits per heavy atom. The summed E-state index contributed by atoms with van der Waals surface area (Å²) < 4.78 is 55.8. The zero-order chi connectivity index (χ0) is 35.9. The summed E-state index contributed by atoms with van der Waals surface area (Å²) in [5.41, 5.74) is 8.62. The Morgan fingerprint density at radius 3 is 2.10 bits per heavy atom. The number of alkyl halides is 3. The van der Waals surface area contributed by atoms with Crippen LogP contribution in [0.1, 0.15) is 45.6 Å². The molecular weight excluding hydrogens is 628 g/mol. The van der Waals surface area contributed by atoms with Crippen LogP contribution in [0.3, 0.4) is 0 Å². The molecule has 3 aromatic carbocycles. The van der Waals surface area contributed by atoms with Crippen molar-refractivity contribution >= 4 is 22.6 Å². The smallest absolute Gasteiger partial charge is 0.391 e. The van der Waals surface area contributed by atoms with Crippen LogP contribution in [0.15, 0.2) is 72.9 Å². The molecule has 1 amide bonds. The highest BCUT2D eigenvalue weighted by Crippen LogP contribution is 2.34. The lowest BCUT2D eigenvalue weighted by atomic mass is 9.96. The lowest BCUT2D eigenvalue weighted by Gasteiger charge is -2.32. The Bertz CT molecular complexity index is 1600. The molecule has 0 aliphatic carbocycles. The fourth-order valence-corrected chi connectivity index (χ4v) is 5.01. The summed E-state index contributed by atoms with van der Waals surface area (Å²) >= 11 is 0. The number of carboxylic acid groups (broad SMARTS) is 1. The van der Waals surface area contributed by atoms with E-state index in [-0.39, 0.29) is 24.9 Å². The van der Waals surface area contributed by atoms with Crippen LogP contribution in [0.2, 0.25) is 0 Å². The number of benzene rings is 3. The molecule has 0 bridgehead atoms. The van der Waals surface area contributed by atoms with Crippen molar-refractivity contribution in [2.24, 2.45) is 11.7 Å². The monoisotopic (exact) mass is 672 g/mol. The number of nitrogens with zero attached hydrogens (tertiary/aromatic N) is 2. The Kier molecular flexibility index (Phi) is 15.9. The van der Waals surface area contributed by atoms with Crippen molar-refractivity contribution in [1.29, 1.82) is 0 Å². The van der Waals surface area contributed by atoms with Gasteiger partial charge in [0.2, 0.25) is 0 Å². The highest BCUT2D eigenvalue weighted by atomic mass is 19.4. The number of aliphatic carboxylic acids is 1. The van der Waals surface area contributed by atoms with Gasteiger partial charge in [0.05, 0.1) is 30.8 Å². The topological polar surface area (TPSA) is 118 Å². The van der Waals surface area contributed by atoms with Crippen LogP contribution in [-0.2, 0) is 11.3 Å². The SMILES string of the molecule is CNCC(=O)O.COc1cc(CN2CCC(C(F)(F)F)CC2)cnc1C.Cc1cccc(F)c1C(N)=O.Cc1cccc2ccccc12. The van der Waals surface area contributed by atoms with E-state index >= 15 is 0 Å². The predicted octanol–water partition coefficient (Wildman–Crippen LogP) is 6.84. The molecule has 1 aliphatic heterocycles. The van der Waals surface area contributed by atoms with E-state index in [4.69, 9.17) is 15.6 Å². The first-order chi connectivity index (χ1) is 22.7. The molecule has 0 atom stereocenters. The number of amides is 1. The third kappa shape index (κ3) is 12.9. The Hall–Kier alpha value is -4.55. The molecule has 4 N–H and O–H groups in total. The average Bonchev–Trinajstić information content (AvgIpc) is 3.03. The summed E-state index contributed by atoms with van der Waals surface area (Å²) in [5.74, 6) is -2.53. The van der Waals surface area contributed by atoms with Gasteiger partial charge in [-0.25, -0.2) is 4.39 Å². The summed E-state index contributed by atoms with van der Waals surface area (Å²) in [7, 11) is 3.18. The number of ether oxygens (including phenoxy) is 1. The molecule has 1 saturated heterocycles. The number of primary amides is 1. The number of aryl methyl sites for hydroxylation is 3. The van der Waals surface area contributed by atoms with Gasteiger partial charge in [0.15, 0.2) is 0 Å². The van der Waals surface area contributed by atoms with Crippen LogP contribution in [0, 0.1) is 32.5 Å². The fraction of sp³-hybridized carbons (Fsp3) is 0.361. The molecule has 260 valence electrons. The number of carbonyl (C=O) groups is 2. The molecule has 5 rings (SSSR count). The first kappa shape index (κ1) is 39.6. The minimum atomic E-state index is -4.05. The fourth-order valence-electron chi connectivity index (χ4n) is 5.01. The molecule has 1 aliphatic rings. The number of halogens is 4. The van der Waals surface area contributed by atoms with Crippen LogP contribution in [0.25, 0.3) is 10.8 Å². The maximum atomic E-state index is 12.8. The van der Waals surface area contributed by atoms with Gasteiger partial charge in [0.1, 0.15) is 11.6 Å². The van der Waals surface area contributed by atoms with Crippen molar-refractivity contribution in [3.05, 3.63) is 107 Å². The van der Waals surface area contributed by atoms with Gasteiger partial charge in [-0.15, -0.1) is 0 Å². The second-order valence-corrected chi connectivity index (χ2v) is 11.2. The summed E-state index contributed by atoms with van der Waals surface area (Å²) in [6.07, 6.45) is -1.94. The van der Waals surface area contributed by atoms with Gasteiger partial charge in [-0.1, -0.05) is 54.6 Å². The molecule has 2 heterocycles. The molecule has 1 aromatic heterocycles. The Balaban J connectivity index is 0.000000243. The Morgan fingerprint density at radius 2 is 1.60 bits per heavy atom. The summed E-state index contributed by atoms with van der Waals surface area (Å²) in [5, 5.41) is 13.0. The van der Waals surface area contributed by atoms with Gasteiger partial charge in [-0.05, 0) is 93.3 Å². The largest absolute Gasteiger partial charge is 0.495 e. The van der Waals surface area contributed by atoms with Gasteiger partial charge >= 0.3 is 12.1 Å². The molecule has 4 aromatic rings. The number of likely N-dealkylation sites (N-methyl/N-ethyl adjacent to an activating group) is 1. The standard InChI is InChI=1S/C14H19F3N2O.C11H10.C8H8FNO.C3H7NO2/c1-10-13(20-2)7-11(8-18-10)9-19-5-3-12(4-6-19)14(15,16)17;1-9-5-4-7-10-6-2-3-8-11(9)10;1-5-3-2-4-6(9)7(5)8(10)11;1-4-2-3(5)6/h7-8,12H,3-6,9H2,1-2H3;2-8H,1H3;2-4H,1H3,(H2,10,11);4H,2H2,1H3,(H,5,6). The molecule has 0 spiro atoms. The van der Waals surface area contributed by atoms with E-state index in [1.807, 2.05) is 17.9 Å². The number of nitrogens with two attached hydrogens (primary N) is 1. The third-order valence-corrected chi connectivity index (χ3v) is 7.58. The molecule has 0 saturated carbocycles. The molecular formula is C36H44F4N4O4. The highest BCUT2D eigenvalue weighted by molar-refractivity contribution is 5.94. The van der Waals surface area contributed by atoms with Crippen molar-refractivity contribution in [2.75, 3.05) is 33.8 Å². The van der Waals surface area contributed by atoms with Crippen LogP contribution in [0.5, 0.6) is 5.75 Å². The number of carbonyl (C=O) groups excluding carboxylic acids is 1. The number of fused-ring (bicyclic) bond motifs is 1. The first-order valence-corrected chi connectivity index (χ1v) is 15.3. The van der Waals surface area contributed by atoms with Crippen LogP contribution in [-0.4, -0.2) is 66.8 Å². The lowest BCUT2D eigenvalue weighted by Crippen LogP contribution is -2.38. The number of likely N-dealkylation sites (tertiary alicyclic amines) is 1. The van der Waals surface area contributed by atoms with E-state index in [9.17, 15) is 27.2 Å².